The van der Waals surface area contributed by atoms with Gasteiger partial charge in [0, 0.05) is 12.6 Å². The van der Waals surface area contributed by atoms with Gasteiger partial charge in [0.1, 0.15) is 5.82 Å². The number of tetrazole rings is 1. The second-order valence-corrected chi connectivity index (χ2v) is 6.23. The summed E-state index contributed by atoms with van der Waals surface area (Å²) in [5.74, 6) is 0.439. The molecule has 0 bridgehead atoms. The van der Waals surface area contributed by atoms with Crippen molar-refractivity contribution >= 4 is 0 Å². The van der Waals surface area contributed by atoms with E-state index in [-0.39, 0.29) is 11.9 Å². The molecule has 2 aromatic carbocycles. The second kappa shape index (κ2) is 6.70. The van der Waals surface area contributed by atoms with Gasteiger partial charge in [-0.05, 0) is 46.7 Å². The van der Waals surface area contributed by atoms with E-state index in [9.17, 15) is 9.50 Å². The Balaban J connectivity index is 1.59. The molecule has 6 nitrogen and oxygen atoms in total. The highest BCUT2D eigenvalue weighted by atomic mass is 19.1. The molecule has 0 saturated carbocycles. The van der Waals surface area contributed by atoms with Crippen LogP contribution in [0.15, 0.2) is 54.6 Å². The van der Waals surface area contributed by atoms with Gasteiger partial charge in [0.05, 0.1) is 18.3 Å². The maximum Gasteiger partial charge on any atom is 0.170 e. The molecule has 1 aliphatic heterocycles. The van der Waals surface area contributed by atoms with Gasteiger partial charge in [-0.3, -0.25) is 4.90 Å². The molecule has 0 unspecified atom stereocenters. The maximum absolute atomic E-state index is 13.2. The summed E-state index contributed by atoms with van der Waals surface area (Å²) in [4.78, 5) is 2.13. The van der Waals surface area contributed by atoms with Crippen molar-refractivity contribution in [1.29, 1.82) is 0 Å². The smallest absolute Gasteiger partial charge is 0.170 e. The summed E-state index contributed by atoms with van der Waals surface area (Å²) in [6.45, 7) is 1.03. The molecule has 0 aliphatic carbocycles. The van der Waals surface area contributed by atoms with Gasteiger partial charge in [0.2, 0.25) is 0 Å². The van der Waals surface area contributed by atoms with E-state index < -0.39 is 6.10 Å². The Labute approximate surface area is 144 Å². The normalized spacial score (nSPS) is 20.9. The number of benzene rings is 2. The summed E-state index contributed by atoms with van der Waals surface area (Å²) >= 11 is 0. The first-order valence-electron chi connectivity index (χ1n) is 8.21. The number of aromatic nitrogens is 4. The van der Waals surface area contributed by atoms with Crippen molar-refractivity contribution in [3.05, 3.63) is 71.8 Å². The first-order valence-corrected chi connectivity index (χ1v) is 8.21. The number of aliphatic hydroxyl groups excluding tert-OH is 1. The summed E-state index contributed by atoms with van der Waals surface area (Å²) in [7, 11) is 0. The highest BCUT2D eigenvalue weighted by Gasteiger charge is 2.33. The predicted molar refractivity (Wildman–Crippen MR) is 89.3 cm³/mol. The van der Waals surface area contributed by atoms with E-state index in [2.05, 4.69) is 20.4 Å². The minimum atomic E-state index is -0.420. The maximum atomic E-state index is 13.2. The zero-order chi connectivity index (χ0) is 17.2. The van der Waals surface area contributed by atoms with E-state index >= 15 is 0 Å². The van der Waals surface area contributed by atoms with Gasteiger partial charge >= 0.3 is 0 Å². The molecule has 4 rings (SSSR count). The summed E-state index contributed by atoms with van der Waals surface area (Å²) in [5, 5.41) is 22.1. The molecule has 1 saturated heterocycles. The molecule has 1 aromatic heterocycles. The van der Waals surface area contributed by atoms with Crippen LogP contribution in [0.3, 0.4) is 0 Å². The fourth-order valence-electron chi connectivity index (χ4n) is 3.34. The van der Waals surface area contributed by atoms with Gasteiger partial charge in [0.15, 0.2) is 5.82 Å². The fourth-order valence-corrected chi connectivity index (χ4v) is 3.34. The summed E-state index contributed by atoms with van der Waals surface area (Å²) in [5.41, 5.74) is 1.87. The highest BCUT2D eigenvalue weighted by Crippen LogP contribution is 2.33. The van der Waals surface area contributed by atoms with E-state index in [1.807, 2.05) is 30.3 Å². The summed E-state index contributed by atoms with van der Waals surface area (Å²) in [6, 6.07) is 16.1. The molecule has 3 aromatic rings. The molecular formula is C18H18FN5O. The van der Waals surface area contributed by atoms with Crippen molar-refractivity contribution in [2.45, 2.75) is 25.1 Å². The van der Waals surface area contributed by atoms with E-state index in [1.54, 1.807) is 16.8 Å². The van der Waals surface area contributed by atoms with Crippen molar-refractivity contribution in [1.82, 2.24) is 25.1 Å². The van der Waals surface area contributed by atoms with E-state index in [4.69, 9.17) is 0 Å². The van der Waals surface area contributed by atoms with Gasteiger partial charge < -0.3 is 5.11 Å². The Morgan fingerprint density at radius 1 is 1.08 bits per heavy atom. The SMILES string of the molecule is O[C@@H]1C[C@H](c2ccc(F)cc2)N(Cc2nnnn2-c2ccccc2)C1. The third kappa shape index (κ3) is 3.29. The molecule has 1 fully saturated rings. The average Bonchev–Trinajstić information content (AvgIpc) is 3.23. The quantitative estimate of drug-likeness (QED) is 0.788. The second-order valence-electron chi connectivity index (χ2n) is 6.23. The molecule has 0 spiro atoms. The topological polar surface area (TPSA) is 67.1 Å². The molecule has 0 radical (unpaired) electrons. The number of para-hydroxylation sites is 1. The number of likely N-dealkylation sites (tertiary alicyclic amines) is 1. The van der Waals surface area contributed by atoms with Crippen LogP contribution in [0.2, 0.25) is 0 Å². The lowest BCUT2D eigenvalue weighted by molar-refractivity contribution is 0.171. The molecule has 25 heavy (non-hydrogen) atoms. The third-order valence-corrected chi connectivity index (χ3v) is 4.52. The van der Waals surface area contributed by atoms with Crippen LogP contribution >= 0.6 is 0 Å². The number of halogens is 1. The third-order valence-electron chi connectivity index (χ3n) is 4.52. The Morgan fingerprint density at radius 2 is 1.84 bits per heavy atom. The first-order chi connectivity index (χ1) is 12.2. The highest BCUT2D eigenvalue weighted by molar-refractivity contribution is 5.30. The molecular weight excluding hydrogens is 321 g/mol. The Kier molecular flexibility index (Phi) is 4.25. The number of aliphatic hydroxyl groups is 1. The zero-order valence-electron chi connectivity index (χ0n) is 13.5. The van der Waals surface area contributed by atoms with Gasteiger partial charge in [-0.15, -0.1) is 5.10 Å². The Morgan fingerprint density at radius 3 is 2.60 bits per heavy atom. The number of hydrogen-bond donors (Lipinski definition) is 1. The van der Waals surface area contributed by atoms with Crippen molar-refractivity contribution < 1.29 is 9.50 Å². The number of β-amino-alcohol motifs (C(OH)–C–C–N with tert-alkyl or cyclic N) is 1. The monoisotopic (exact) mass is 339 g/mol. The number of hydrogen-bond acceptors (Lipinski definition) is 5. The molecule has 1 aliphatic rings. The molecule has 1 N–H and O–H groups in total. The molecule has 128 valence electrons. The number of rotatable bonds is 4. The average molecular weight is 339 g/mol. The first kappa shape index (κ1) is 15.9. The fraction of sp³-hybridized carbons (Fsp3) is 0.278. The van der Waals surface area contributed by atoms with Crippen molar-refractivity contribution in [2.24, 2.45) is 0 Å². The van der Waals surface area contributed by atoms with Crippen LogP contribution in [0, 0.1) is 5.82 Å². The Bertz CT molecular complexity index is 836. The molecule has 7 heteroatoms. The van der Waals surface area contributed by atoms with E-state index in [0.717, 1.165) is 11.3 Å². The number of nitrogens with zero attached hydrogens (tertiary/aromatic N) is 5. The minimum Gasteiger partial charge on any atom is -0.392 e. The minimum absolute atomic E-state index is 0.0107. The van der Waals surface area contributed by atoms with Crippen LogP contribution in [0.4, 0.5) is 4.39 Å². The summed E-state index contributed by atoms with van der Waals surface area (Å²) in [6.07, 6.45) is 0.189. The van der Waals surface area contributed by atoms with Gasteiger partial charge in [0.25, 0.3) is 0 Å². The van der Waals surface area contributed by atoms with Crippen molar-refractivity contribution in [2.75, 3.05) is 6.54 Å². The van der Waals surface area contributed by atoms with Crippen molar-refractivity contribution in [3.63, 3.8) is 0 Å². The van der Waals surface area contributed by atoms with Crippen LogP contribution in [-0.2, 0) is 6.54 Å². The lowest BCUT2D eigenvalue weighted by Crippen LogP contribution is -2.26. The van der Waals surface area contributed by atoms with E-state index in [0.29, 0.717) is 25.3 Å². The summed E-state index contributed by atoms with van der Waals surface area (Å²) < 4.78 is 14.9. The molecule has 0 amide bonds. The largest absolute Gasteiger partial charge is 0.392 e. The van der Waals surface area contributed by atoms with Crippen molar-refractivity contribution in [3.8, 4) is 5.69 Å². The lowest BCUT2D eigenvalue weighted by Gasteiger charge is -2.23. The lowest BCUT2D eigenvalue weighted by atomic mass is 10.0. The van der Waals surface area contributed by atoms with Gasteiger partial charge in [-0.2, -0.15) is 4.68 Å². The van der Waals surface area contributed by atoms with Gasteiger partial charge in [-0.25, -0.2) is 4.39 Å². The van der Waals surface area contributed by atoms with Crippen LogP contribution in [-0.4, -0.2) is 42.9 Å². The molecule has 2 heterocycles. The van der Waals surface area contributed by atoms with E-state index in [1.165, 1.54) is 12.1 Å². The Hall–Kier alpha value is -2.64. The van der Waals surface area contributed by atoms with Crippen LogP contribution in [0.1, 0.15) is 23.9 Å². The standard InChI is InChI=1S/C18H18FN5O/c19-14-8-6-13(7-9-14)17-10-16(25)11-23(17)12-18-20-21-22-24(18)15-4-2-1-3-5-15/h1-9,16-17,25H,10-12H2/t16-,17-/m1/s1. The predicted octanol–water partition coefficient (Wildman–Crippen LogP) is 2.11. The van der Waals surface area contributed by atoms with Gasteiger partial charge in [-0.1, -0.05) is 30.3 Å². The van der Waals surface area contributed by atoms with Crippen LogP contribution in [0.5, 0.6) is 0 Å². The van der Waals surface area contributed by atoms with Crippen LogP contribution < -0.4 is 0 Å². The van der Waals surface area contributed by atoms with Crippen LogP contribution in [0.25, 0.3) is 5.69 Å². The zero-order valence-corrected chi connectivity index (χ0v) is 13.5. The molecule has 2 atom stereocenters.